The van der Waals surface area contributed by atoms with Gasteiger partial charge in [-0.2, -0.15) is 0 Å². The lowest BCUT2D eigenvalue weighted by Gasteiger charge is -2.08. The van der Waals surface area contributed by atoms with Crippen LogP contribution in [0.2, 0.25) is 5.02 Å². The molecule has 4 rings (SSSR count). The summed E-state index contributed by atoms with van der Waals surface area (Å²) >= 11 is 7.58. The summed E-state index contributed by atoms with van der Waals surface area (Å²) in [6.07, 6.45) is 1.79. The van der Waals surface area contributed by atoms with Crippen molar-refractivity contribution in [2.45, 2.75) is 6.54 Å². The topological polar surface area (TPSA) is 22.0 Å². The Balaban J connectivity index is 1.84. The summed E-state index contributed by atoms with van der Waals surface area (Å²) in [4.78, 5) is 13.5. The maximum absolute atomic E-state index is 14.2. The van der Waals surface area contributed by atoms with Gasteiger partial charge in [0.25, 0.3) is 0 Å². The van der Waals surface area contributed by atoms with Crippen molar-refractivity contribution in [3.8, 4) is 0 Å². The van der Waals surface area contributed by atoms with Crippen LogP contribution in [0, 0.1) is 5.82 Å². The Morgan fingerprint density at radius 2 is 1.92 bits per heavy atom. The maximum atomic E-state index is 14.2. The van der Waals surface area contributed by atoms with E-state index in [0.717, 1.165) is 10.9 Å². The molecule has 2 aromatic heterocycles. The predicted molar refractivity (Wildman–Crippen MR) is 100 cm³/mol. The zero-order valence-corrected chi connectivity index (χ0v) is 14.7. The van der Waals surface area contributed by atoms with E-state index in [0.29, 0.717) is 21.0 Å². The average molecular weight is 370 g/mol. The summed E-state index contributed by atoms with van der Waals surface area (Å²) in [7, 11) is 0. The fourth-order valence-electron chi connectivity index (χ4n) is 2.95. The van der Waals surface area contributed by atoms with Crippen LogP contribution in [0.25, 0.3) is 10.9 Å². The van der Waals surface area contributed by atoms with Gasteiger partial charge in [0.1, 0.15) is 5.82 Å². The van der Waals surface area contributed by atoms with Crippen molar-refractivity contribution in [1.29, 1.82) is 0 Å². The van der Waals surface area contributed by atoms with Crippen LogP contribution in [0.5, 0.6) is 0 Å². The van der Waals surface area contributed by atoms with Gasteiger partial charge in [0.05, 0.1) is 11.4 Å². The Kier molecular flexibility index (Phi) is 4.15. The minimum Gasteiger partial charge on any atom is -0.342 e. The van der Waals surface area contributed by atoms with Gasteiger partial charge in [0.2, 0.25) is 5.78 Å². The zero-order chi connectivity index (χ0) is 17.4. The molecule has 0 spiro atoms. The lowest BCUT2D eigenvalue weighted by molar-refractivity contribution is 0.104. The zero-order valence-electron chi connectivity index (χ0n) is 13.1. The molecule has 25 heavy (non-hydrogen) atoms. The molecule has 0 unspecified atom stereocenters. The summed E-state index contributed by atoms with van der Waals surface area (Å²) in [6, 6.07) is 16.0. The molecule has 0 aliphatic carbocycles. The lowest BCUT2D eigenvalue weighted by Crippen LogP contribution is -2.02. The average Bonchev–Trinajstić information content (AvgIpc) is 3.26. The van der Waals surface area contributed by atoms with Crippen LogP contribution >= 0.6 is 22.9 Å². The number of ketones is 1. The SMILES string of the molecule is O=C(c1cccs1)c1cn(Cc2c(F)cccc2Cl)c2ccccc12. The number of carbonyl (C=O) groups excluding carboxylic acids is 1. The van der Waals surface area contributed by atoms with Crippen LogP contribution in [0.1, 0.15) is 20.8 Å². The molecule has 0 amide bonds. The molecule has 0 saturated carbocycles. The number of para-hydroxylation sites is 1. The van der Waals surface area contributed by atoms with E-state index in [9.17, 15) is 9.18 Å². The van der Waals surface area contributed by atoms with Crippen molar-refractivity contribution >= 4 is 39.6 Å². The van der Waals surface area contributed by atoms with E-state index in [1.165, 1.54) is 17.4 Å². The minimum atomic E-state index is -0.351. The predicted octanol–water partition coefficient (Wildman–Crippen LogP) is 5.77. The van der Waals surface area contributed by atoms with Crippen LogP contribution in [-0.4, -0.2) is 10.4 Å². The van der Waals surface area contributed by atoms with Crippen LogP contribution in [0.3, 0.4) is 0 Å². The smallest absolute Gasteiger partial charge is 0.205 e. The Labute approximate surface area is 153 Å². The van der Waals surface area contributed by atoms with Gasteiger partial charge in [-0.1, -0.05) is 41.9 Å². The first kappa shape index (κ1) is 16.1. The number of fused-ring (bicyclic) bond motifs is 1. The van der Waals surface area contributed by atoms with E-state index in [1.807, 2.05) is 46.3 Å². The largest absolute Gasteiger partial charge is 0.342 e. The first-order valence-electron chi connectivity index (χ1n) is 7.74. The van der Waals surface area contributed by atoms with Crippen molar-refractivity contribution < 1.29 is 9.18 Å². The van der Waals surface area contributed by atoms with Crippen LogP contribution < -0.4 is 0 Å². The number of hydrogen-bond donors (Lipinski definition) is 0. The molecule has 0 fully saturated rings. The van der Waals surface area contributed by atoms with Crippen LogP contribution in [-0.2, 0) is 6.54 Å². The van der Waals surface area contributed by atoms with Gasteiger partial charge in [-0.05, 0) is 29.6 Å². The molecule has 2 heterocycles. The number of rotatable bonds is 4. The number of benzene rings is 2. The van der Waals surface area contributed by atoms with Crippen molar-refractivity contribution in [2.75, 3.05) is 0 Å². The van der Waals surface area contributed by atoms with E-state index in [4.69, 9.17) is 11.6 Å². The first-order valence-corrected chi connectivity index (χ1v) is 9.00. The molecule has 124 valence electrons. The monoisotopic (exact) mass is 369 g/mol. The van der Waals surface area contributed by atoms with E-state index in [2.05, 4.69) is 0 Å². The molecule has 0 atom stereocenters. The molecule has 0 N–H and O–H groups in total. The molecule has 2 aromatic carbocycles. The van der Waals surface area contributed by atoms with Crippen molar-refractivity contribution in [1.82, 2.24) is 4.57 Å². The third-order valence-corrected chi connectivity index (χ3v) is 5.39. The molecule has 0 bridgehead atoms. The molecule has 2 nitrogen and oxygen atoms in total. The number of nitrogens with zero attached hydrogens (tertiary/aromatic N) is 1. The Morgan fingerprint density at radius 1 is 1.08 bits per heavy atom. The van der Waals surface area contributed by atoms with Gasteiger partial charge in [0, 0.05) is 33.2 Å². The second kappa shape index (κ2) is 6.47. The highest BCUT2D eigenvalue weighted by atomic mass is 35.5. The standard InChI is InChI=1S/C20H13ClFNOS/c21-16-6-3-7-17(22)15(16)12-23-11-14(13-5-1-2-8-18(13)23)20(24)19-9-4-10-25-19/h1-11H,12H2. The first-order chi connectivity index (χ1) is 12.1. The number of hydrogen-bond acceptors (Lipinski definition) is 2. The third kappa shape index (κ3) is 2.88. The highest BCUT2D eigenvalue weighted by molar-refractivity contribution is 7.12. The number of halogens is 2. The van der Waals surface area contributed by atoms with E-state index in [-0.39, 0.29) is 18.1 Å². The molecular weight excluding hydrogens is 357 g/mol. The summed E-state index contributed by atoms with van der Waals surface area (Å²) in [6.45, 7) is 0.268. The maximum Gasteiger partial charge on any atom is 0.205 e. The molecular formula is C20H13ClFNOS. The van der Waals surface area contributed by atoms with Gasteiger partial charge >= 0.3 is 0 Å². The number of aromatic nitrogens is 1. The Bertz CT molecular complexity index is 1050. The molecule has 0 aliphatic heterocycles. The van der Waals surface area contributed by atoms with Gasteiger partial charge in [-0.3, -0.25) is 4.79 Å². The Morgan fingerprint density at radius 3 is 2.68 bits per heavy atom. The van der Waals surface area contributed by atoms with E-state index < -0.39 is 0 Å². The quantitative estimate of drug-likeness (QED) is 0.418. The lowest BCUT2D eigenvalue weighted by atomic mass is 10.1. The summed E-state index contributed by atoms with van der Waals surface area (Å²) in [5, 5.41) is 3.11. The second-order valence-corrected chi connectivity index (χ2v) is 7.05. The Hall–Kier alpha value is -2.43. The fourth-order valence-corrected chi connectivity index (χ4v) is 3.85. The molecule has 0 aliphatic rings. The summed E-state index contributed by atoms with van der Waals surface area (Å²) in [5.41, 5.74) is 1.91. The summed E-state index contributed by atoms with van der Waals surface area (Å²) < 4.78 is 16.0. The molecule has 0 radical (unpaired) electrons. The number of thiophene rings is 1. The van der Waals surface area contributed by atoms with Crippen LogP contribution in [0.4, 0.5) is 4.39 Å². The van der Waals surface area contributed by atoms with Gasteiger partial charge in [-0.15, -0.1) is 11.3 Å². The highest BCUT2D eigenvalue weighted by Gasteiger charge is 2.18. The van der Waals surface area contributed by atoms with E-state index in [1.54, 1.807) is 18.3 Å². The second-order valence-electron chi connectivity index (χ2n) is 5.69. The fraction of sp³-hybridized carbons (Fsp3) is 0.0500. The third-order valence-electron chi connectivity index (χ3n) is 4.17. The van der Waals surface area contributed by atoms with Crippen molar-refractivity contribution in [3.05, 3.63) is 93.0 Å². The van der Waals surface area contributed by atoms with Crippen LogP contribution in [0.15, 0.2) is 66.2 Å². The molecule has 5 heteroatoms. The highest BCUT2D eigenvalue weighted by Crippen LogP contribution is 2.28. The van der Waals surface area contributed by atoms with Gasteiger partial charge < -0.3 is 4.57 Å². The van der Waals surface area contributed by atoms with Crippen molar-refractivity contribution in [3.63, 3.8) is 0 Å². The number of carbonyl (C=O) groups is 1. The molecule has 4 aromatic rings. The van der Waals surface area contributed by atoms with E-state index >= 15 is 0 Å². The van der Waals surface area contributed by atoms with Gasteiger partial charge in [0.15, 0.2) is 0 Å². The van der Waals surface area contributed by atoms with Gasteiger partial charge in [-0.25, -0.2) is 4.39 Å². The normalized spacial score (nSPS) is 11.1. The minimum absolute atomic E-state index is 0.0235. The summed E-state index contributed by atoms with van der Waals surface area (Å²) in [5.74, 6) is -0.374. The molecule has 0 saturated heterocycles. The van der Waals surface area contributed by atoms with Crippen molar-refractivity contribution in [2.24, 2.45) is 0 Å².